The van der Waals surface area contributed by atoms with Gasteiger partial charge in [-0.2, -0.15) is 18.4 Å². The molecule has 0 spiro atoms. The molecule has 0 N–H and O–H groups in total. The van der Waals surface area contributed by atoms with Crippen molar-refractivity contribution in [1.29, 1.82) is 5.26 Å². The van der Waals surface area contributed by atoms with Gasteiger partial charge in [0.2, 0.25) is 11.7 Å². The van der Waals surface area contributed by atoms with Crippen LogP contribution in [0.4, 0.5) is 18.9 Å². The summed E-state index contributed by atoms with van der Waals surface area (Å²) >= 11 is 0. The number of aryl methyl sites for hydroxylation is 2. The Bertz CT molecular complexity index is 1080. The predicted molar refractivity (Wildman–Crippen MR) is 103 cm³/mol. The highest BCUT2D eigenvalue weighted by Gasteiger charge is 2.38. The normalized spacial score (nSPS) is 11.4. The third-order valence-electron chi connectivity index (χ3n) is 4.47. The number of aromatic nitrogens is 2. The van der Waals surface area contributed by atoms with Crippen LogP contribution in [0, 0.1) is 25.2 Å². The number of carbonyl (C=O) groups is 1. The Morgan fingerprint density at radius 3 is 2.45 bits per heavy atom. The van der Waals surface area contributed by atoms with Crippen molar-refractivity contribution in [1.82, 2.24) is 9.55 Å². The first-order valence-corrected chi connectivity index (χ1v) is 8.99. The molecule has 0 radical (unpaired) electrons. The minimum Gasteiger partial charge on any atom is -0.311 e. The fraction of sp³-hybridized carbons (Fsp3) is 0.286. The minimum absolute atomic E-state index is 0.0650. The Balaban J connectivity index is 2.03. The summed E-state index contributed by atoms with van der Waals surface area (Å²) in [5, 5.41) is 8.95. The fourth-order valence-corrected chi connectivity index (χ4v) is 3.34. The number of benzene rings is 2. The summed E-state index contributed by atoms with van der Waals surface area (Å²) in [6.07, 6.45) is -4.63. The van der Waals surface area contributed by atoms with E-state index >= 15 is 0 Å². The van der Waals surface area contributed by atoms with Gasteiger partial charge in [-0.1, -0.05) is 18.2 Å². The van der Waals surface area contributed by atoms with E-state index < -0.39 is 24.5 Å². The quantitative estimate of drug-likeness (QED) is 0.628. The molecule has 8 heteroatoms. The Morgan fingerprint density at radius 1 is 1.17 bits per heavy atom. The van der Waals surface area contributed by atoms with Crippen molar-refractivity contribution in [2.45, 2.75) is 33.0 Å². The highest BCUT2D eigenvalue weighted by molar-refractivity contribution is 5.94. The summed E-state index contributed by atoms with van der Waals surface area (Å²) in [5.41, 5.74) is 2.79. The Hall–Kier alpha value is -3.34. The van der Waals surface area contributed by atoms with Gasteiger partial charge in [0.25, 0.3) is 0 Å². The van der Waals surface area contributed by atoms with E-state index in [9.17, 15) is 18.0 Å². The van der Waals surface area contributed by atoms with Gasteiger partial charge in [-0.05, 0) is 49.2 Å². The molecule has 3 aromatic rings. The van der Waals surface area contributed by atoms with Crippen LogP contribution in [0.25, 0.3) is 11.0 Å². The van der Waals surface area contributed by atoms with Gasteiger partial charge in [-0.25, -0.2) is 4.98 Å². The zero-order valence-corrected chi connectivity index (χ0v) is 16.0. The van der Waals surface area contributed by atoms with Gasteiger partial charge < -0.3 is 9.47 Å². The van der Waals surface area contributed by atoms with Gasteiger partial charge in [0, 0.05) is 12.2 Å². The molecule has 0 atom stereocenters. The highest BCUT2D eigenvalue weighted by atomic mass is 19.4. The number of anilines is 1. The molecule has 1 amide bonds. The number of fused-ring (bicyclic) bond motifs is 1. The van der Waals surface area contributed by atoms with Crippen molar-refractivity contribution in [2.75, 3.05) is 11.4 Å². The van der Waals surface area contributed by atoms with Crippen molar-refractivity contribution in [3.63, 3.8) is 0 Å². The number of rotatable bonds is 5. The van der Waals surface area contributed by atoms with E-state index in [1.165, 1.54) is 17.0 Å². The summed E-state index contributed by atoms with van der Waals surface area (Å²) in [5.74, 6) is -1.66. The predicted octanol–water partition coefficient (Wildman–Crippen LogP) is 4.62. The van der Waals surface area contributed by atoms with Crippen LogP contribution in [0.3, 0.4) is 0 Å². The largest absolute Gasteiger partial charge is 0.449 e. The van der Waals surface area contributed by atoms with Crippen LogP contribution in [-0.4, -0.2) is 22.0 Å². The van der Waals surface area contributed by atoms with Crippen LogP contribution < -0.4 is 4.90 Å². The Kier molecular flexibility index (Phi) is 5.59. The topological polar surface area (TPSA) is 61.9 Å². The maximum atomic E-state index is 13.5. The zero-order chi connectivity index (χ0) is 21.2. The summed E-state index contributed by atoms with van der Waals surface area (Å²) in [4.78, 5) is 18.1. The lowest BCUT2D eigenvalue weighted by Gasteiger charge is -2.24. The number of alkyl halides is 3. The smallest absolute Gasteiger partial charge is 0.311 e. The average molecular weight is 400 g/mol. The monoisotopic (exact) mass is 400 g/mol. The molecule has 0 bridgehead atoms. The Labute approximate surface area is 166 Å². The van der Waals surface area contributed by atoms with Gasteiger partial charge in [0.15, 0.2) is 0 Å². The molecule has 3 rings (SSSR count). The van der Waals surface area contributed by atoms with Gasteiger partial charge in [-0.15, -0.1) is 0 Å². The summed E-state index contributed by atoms with van der Waals surface area (Å²) in [6.45, 7) is 3.29. The number of para-hydroxylation sites is 2. The second-order valence-electron chi connectivity index (χ2n) is 6.81. The molecule has 29 heavy (non-hydrogen) atoms. The van der Waals surface area contributed by atoms with E-state index in [2.05, 4.69) is 4.98 Å². The number of nitrogens with zero attached hydrogens (tertiary/aromatic N) is 4. The number of amides is 1. The van der Waals surface area contributed by atoms with E-state index in [-0.39, 0.29) is 24.0 Å². The van der Waals surface area contributed by atoms with Crippen molar-refractivity contribution >= 4 is 22.6 Å². The van der Waals surface area contributed by atoms with E-state index in [0.717, 1.165) is 15.7 Å². The van der Waals surface area contributed by atoms with Crippen molar-refractivity contribution in [3.8, 4) is 6.07 Å². The summed E-state index contributed by atoms with van der Waals surface area (Å²) in [7, 11) is 0. The number of carbonyl (C=O) groups excluding carboxylic acids is 1. The van der Waals surface area contributed by atoms with Crippen LogP contribution in [-0.2, 0) is 17.5 Å². The zero-order valence-electron chi connectivity index (χ0n) is 16.0. The fourth-order valence-electron chi connectivity index (χ4n) is 3.34. The SMILES string of the molecule is Cc1cc(C)cc(N(CCC#N)C(=O)Cn2c(C(F)(F)F)nc3ccccc32)c1. The number of halogens is 3. The molecule has 0 saturated heterocycles. The average Bonchev–Trinajstić information content (AvgIpc) is 3.00. The molecule has 150 valence electrons. The third-order valence-corrected chi connectivity index (χ3v) is 4.47. The maximum absolute atomic E-state index is 13.5. The van der Waals surface area contributed by atoms with Gasteiger partial charge >= 0.3 is 6.18 Å². The lowest BCUT2D eigenvalue weighted by molar-refractivity contribution is -0.147. The molecule has 0 aliphatic rings. The summed E-state index contributed by atoms with van der Waals surface area (Å²) in [6, 6.07) is 13.6. The molecule has 0 saturated carbocycles. The molecule has 0 fully saturated rings. The molecule has 0 aliphatic heterocycles. The number of nitriles is 1. The van der Waals surface area contributed by atoms with Crippen molar-refractivity contribution in [3.05, 3.63) is 59.4 Å². The molecular formula is C21H19F3N4O. The maximum Gasteiger partial charge on any atom is 0.449 e. The van der Waals surface area contributed by atoms with Crippen molar-refractivity contribution in [2.24, 2.45) is 0 Å². The first-order chi connectivity index (χ1) is 13.7. The van der Waals surface area contributed by atoms with E-state index in [1.807, 2.05) is 26.0 Å². The molecule has 0 aliphatic carbocycles. The lowest BCUT2D eigenvalue weighted by atomic mass is 10.1. The molecule has 0 unspecified atom stereocenters. The number of imidazole rings is 1. The lowest BCUT2D eigenvalue weighted by Crippen LogP contribution is -2.35. The van der Waals surface area contributed by atoms with Crippen LogP contribution in [0.2, 0.25) is 0 Å². The first-order valence-electron chi connectivity index (χ1n) is 8.99. The molecule has 1 heterocycles. The molecular weight excluding hydrogens is 381 g/mol. The van der Waals surface area contributed by atoms with Crippen LogP contribution in [0.1, 0.15) is 23.4 Å². The minimum atomic E-state index is -4.70. The van der Waals surface area contributed by atoms with Crippen LogP contribution in [0.5, 0.6) is 0 Å². The van der Waals surface area contributed by atoms with E-state index in [4.69, 9.17) is 5.26 Å². The molecule has 5 nitrogen and oxygen atoms in total. The second kappa shape index (κ2) is 7.95. The molecule has 1 aromatic heterocycles. The molecule has 2 aromatic carbocycles. The van der Waals surface area contributed by atoms with E-state index in [1.54, 1.807) is 24.3 Å². The first kappa shape index (κ1) is 20.4. The van der Waals surface area contributed by atoms with Crippen LogP contribution >= 0.6 is 0 Å². The third kappa shape index (κ3) is 4.40. The highest BCUT2D eigenvalue weighted by Crippen LogP contribution is 2.32. The van der Waals surface area contributed by atoms with Gasteiger partial charge in [0.05, 0.1) is 23.5 Å². The van der Waals surface area contributed by atoms with Crippen molar-refractivity contribution < 1.29 is 18.0 Å². The van der Waals surface area contributed by atoms with Crippen LogP contribution in [0.15, 0.2) is 42.5 Å². The second-order valence-corrected chi connectivity index (χ2v) is 6.81. The van der Waals surface area contributed by atoms with E-state index in [0.29, 0.717) is 5.69 Å². The number of hydrogen-bond acceptors (Lipinski definition) is 3. The number of hydrogen-bond donors (Lipinski definition) is 0. The Morgan fingerprint density at radius 2 is 1.83 bits per heavy atom. The van der Waals surface area contributed by atoms with Gasteiger partial charge in [0.1, 0.15) is 6.54 Å². The van der Waals surface area contributed by atoms with Gasteiger partial charge in [-0.3, -0.25) is 4.79 Å². The summed E-state index contributed by atoms with van der Waals surface area (Å²) < 4.78 is 41.4. The standard InChI is InChI=1S/C21H19F3N4O/c1-14-10-15(2)12-16(11-14)27(9-5-8-25)19(29)13-28-18-7-4-3-6-17(18)26-20(28)21(22,23)24/h3-4,6-7,10-12H,5,9,13H2,1-2H3.